The molecule has 2 heterocycles. The van der Waals surface area contributed by atoms with Crippen molar-refractivity contribution in [2.24, 2.45) is 5.73 Å². The summed E-state index contributed by atoms with van der Waals surface area (Å²) in [5, 5.41) is 13.3. The van der Waals surface area contributed by atoms with E-state index < -0.39 is 51.7 Å². The fraction of sp³-hybridized carbons (Fsp3) is 0.444. The molecule has 0 aromatic heterocycles. The van der Waals surface area contributed by atoms with E-state index in [1.165, 1.54) is 9.80 Å². The number of nitrogens with zero attached hydrogens (tertiary/aromatic N) is 2. The number of β-amino-alcohol motifs (C(OH)–C–C–N with tert-alkyl or cyclic N) is 1. The summed E-state index contributed by atoms with van der Waals surface area (Å²) in [7, 11) is -4.12. The van der Waals surface area contributed by atoms with Crippen molar-refractivity contribution in [2.75, 3.05) is 19.6 Å². The molecule has 0 spiro atoms. The Hall–Kier alpha value is -3.03. The molecule has 2 aromatic carbocycles. The zero-order chi connectivity index (χ0) is 28.9. The Balaban J connectivity index is 1.52. The second-order valence-electron chi connectivity index (χ2n) is 10.0. The zero-order valence-corrected chi connectivity index (χ0v) is 23.5. The van der Waals surface area contributed by atoms with Gasteiger partial charge in [-0.15, -0.1) is 0 Å². The number of carbonyl (C=O) groups is 3. The van der Waals surface area contributed by atoms with Gasteiger partial charge >= 0.3 is 0 Å². The van der Waals surface area contributed by atoms with Crippen LogP contribution in [0.2, 0.25) is 5.02 Å². The van der Waals surface area contributed by atoms with Gasteiger partial charge in [-0.25, -0.2) is 8.42 Å². The molecule has 40 heavy (non-hydrogen) atoms. The quantitative estimate of drug-likeness (QED) is 0.292. The minimum atomic E-state index is -4.12. The lowest BCUT2D eigenvalue weighted by Gasteiger charge is -2.30. The third-order valence-electron chi connectivity index (χ3n) is 7.15. The van der Waals surface area contributed by atoms with Gasteiger partial charge in [0.25, 0.3) is 11.8 Å². The molecule has 13 heteroatoms. The third-order valence-corrected chi connectivity index (χ3v) is 8.69. The van der Waals surface area contributed by atoms with Crippen LogP contribution in [0.4, 0.5) is 0 Å². The minimum absolute atomic E-state index is 0.00392. The standard InChI is InChI=1S/C27H34ClN5O6S/c28-21-9-8-19(14-29)20(13-21)15-30-25(35)23-7-4-11-33(23)27(37)24(26(36)32-12-10-22(34)16-32)31-40(38,39)17-18-5-2-1-3-6-18/h1-3,5-6,8-9,13,22-24,31,34H,4,7,10-12,14-17,29H2,(H,30,35)/t22-,23-,24?/m0/s1. The Morgan fingerprint density at radius 1 is 1.05 bits per heavy atom. The average Bonchev–Trinajstić information content (AvgIpc) is 3.59. The molecule has 0 aliphatic carbocycles. The van der Waals surface area contributed by atoms with Gasteiger partial charge in [-0.2, -0.15) is 4.72 Å². The Labute approximate surface area is 238 Å². The van der Waals surface area contributed by atoms with Crippen LogP contribution in [0.1, 0.15) is 36.0 Å². The van der Waals surface area contributed by atoms with Crippen molar-refractivity contribution < 1.29 is 27.9 Å². The Morgan fingerprint density at radius 3 is 2.48 bits per heavy atom. The Morgan fingerprint density at radius 2 is 1.80 bits per heavy atom. The number of likely N-dealkylation sites (tertiary alicyclic amines) is 2. The number of hydrogen-bond donors (Lipinski definition) is 4. The van der Waals surface area contributed by atoms with Crippen molar-refractivity contribution in [1.29, 1.82) is 0 Å². The summed E-state index contributed by atoms with van der Waals surface area (Å²) in [5.41, 5.74) is 7.84. The lowest BCUT2D eigenvalue weighted by Crippen LogP contribution is -2.59. The number of benzene rings is 2. The first-order chi connectivity index (χ1) is 19.1. The molecule has 5 N–H and O–H groups in total. The van der Waals surface area contributed by atoms with Crippen LogP contribution in [0.3, 0.4) is 0 Å². The van der Waals surface area contributed by atoms with Crippen molar-refractivity contribution in [2.45, 2.75) is 56.3 Å². The fourth-order valence-corrected chi connectivity index (χ4v) is 6.54. The maximum atomic E-state index is 13.8. The predicted molar refractivity (Wildman–Crippen MR) is 149 cm³/mol. The van der Waals surface area contributed by atoms with Gasteiger partial charge in [-0.3, -0.25) is 14.4 Å². The Bertz CT molecular complexity index is 1340. The van der Waals surface area contributed by atoms with E-state index in [0.717, 1.165) is 11.1 Å². The van der Waals surface area contributed by atoms with Gasteiger partial charge < -0.3 is 26.0 Å². The number of carbonyl (C=O) groups excluding carboxylic acids is 3. The highest BCUT2D eigenvalue weighted by Crippen LogP contribution is 2.22. The molecular weight excluding hydrogens is 558 g/mol. The highest BCUT2D eigenvalue weighted by atomic mass is 35.5. The Kier molecular flexibility index (Phi) is 9.80. The second kappa shape index (κ2) is 13.1. The number of nitrogens with two attached hydrogens (primary N) is 1. The number of halogens is 1. The number of aliphatic hydroxyl groups is 1. The molecule has 0 saturated carbocycles. The smallest absolute Gasteiger partial charge is 0.251 e. The summed E-state index contributed by atoms with van der Waals surface area (Å²) in [6.45, 7) is 0.777. The zero-order valence-electron chi connectivity index (χ0n) is 22.0. The first-order valence-corrected chi connectivity index (χ1v) is 15.2. The van der Waals surface area contributed by atoms with E-state index in [9.17, 15) is 27.9 Å². The molecule has 1 unspecified atom stereocenters. The van der Waals surface area contributed by atoms with Gasteiger partial charge in [-0.05, 0) is 48.1 Å². The summed E-state index contributed by atoms with van der Waals surface area (Å²) in [6, 6.07) is 11.0. The lowest BCUT2D eigenvalue weighted by molar-refractivity contribution is -0.146. The monoisotopic (exact) mass is 591 g/mol. The number of sulfonamides is 1. The molecule has 2 aliphatic rings. The SMILES string of the molecule is NCc1ccc(Cl)cc1CNC(=O)[C@@H]1CCCN1C(=O)C(NS(=O)(=O)Cc1ccccc1)C(=O)N1CC[C@H](O)C1. The van der Waals surface area contributed by atoms with Crippen LogP contribution in [0.25, 0.3) is 0 Å². The maximum Gasteiger partial charge on any atom is 0.251 e. The molecule has 216 valence electrons. The first-order valence-electron chi connectivity index (χ1n) is 13.1. The summed E-state index contributed by atoms with van der Waals surface area (Å²) >= 11 is 6.10. The predicted octanol–water partition coefficient (Wildman–Crippen LogP) is 0.487. The van der Waals surface area contributed by atoms with E-state index in [0.29, 0.717) is 29.8 Å². The van der Waals surface area contributed by atoms with Crippen molar-refractivity contribution >= 4 is 39.3 Å². The highest BCUT2D eigenvalue weighted by Gasteiger charge is 2.43. The summed E-state index contributed by atoms with van der Waals surface area (Å²) in [5.74, 6) is -2.41. The molecule has 3 atom stereocenters. The number of nitrogens with one attached hydrogen (secondary N) is 2. The van der Waals surface area contributed by atoms with Crippen LogP contribution in [0, 0.1) is 0 Å². The maximum absolute atomic E-state index is 13.8. The van der Waals surface area contributed by atoms with E-state index in [1.54, 1.807) is 48.5 Å². The van der Waals surface area contributed by atoms with Crippen molar-refractivity contribution in [3.8, 4) is 0 Å². The van der Waals surface area contributed by atoms with Crippen LogP contribution in [-0.2, 0) is 43.2 Å². The minimum Gasteiger partial charge on any atom is -0.391 e. The normalized spacial score (nSPS) is 20.0. The summed E-state index contributed by atoms with van der Waals surface area (Å²) in [6.07, 6.45) is 0.439. The van der Waals surface area contributed by atoms with Gasteiger partial charge in [0, 0.05) is 37.7 Å². The average molecular weight is 592 g/mol. The van der Waals surface area contributed by atoms with Crippen molar-refractivity contribution in [3.63, 3.8) is 0 Å². The lowest BCUT2D eigenvalue weighted by atomic mass is 10.1. The molecule has 2 aromatic rings. The molecule has 0 bridgehead atoms. The number of amides is 3. The highest BCUT2D eigenvalue weighted by molar-refractivity contribution is 7.88. The number of hydrogen-bond acceptors (Lipinski definition) is 7. The third kappa shape index (κ3) is 7.38. The largest absolute Gasteiger partial charge is 0.391 e. The van der Waals surface area contributed by atoms with E-state index in [2.05, 4.69) is 10.0 Å². The topological polar surface area (TPSA) is 162 Å². The molecule has 0 radical (unpaired) electrons. The van der Waals surface area contributed by atoms with E-state index >= 15 is 0 Å². The van der Waals surface area contributed by atoms with Gasteiger partial charge in [0.1, 0.15) is 6.04 Å². The molecule has 11 nitrogen and oxygen atoms in total. The second-order valence-corrected chi connectivity index (χ2v) is 12.2. The first kappa shape index (κ1) is 29.9. The van der Waals surface area contributed by atoms with Crippen LogP contribution in [0.15, 0.2) is 48.5 Å². The van der Waals surface area contributed by atoms with E-state index in [4.69, 9.17) is 17.3 Å². The van der Waals surface area contributed by atoms with E-state index in [-0.39, 0.29) is 32.7 Å². The summed E-state index contributed by atoms with van der Waals surface area (Å²) < 4.78 is 28.4. The molecule has 2 fully saturated rings. The molecule has 2 saturated heterocycles. The van der Waals surface area contributed by atoms with Crippen LogP contribution in [0.5, 0.6) is 0 Å². The van der Waals surface area contributed by atoms with Crippen LogP contribution in [-0.4, -0.2) is 78.9 Å². The van der Waals surface area contributed by atoms with Gasteiger partial charge in [0.15, 0.2) is 6.04 Å². The van der Waals surface area contributed by atoms with Gasteiger partial charge in [-0.1, -0.05) is 48.0 Å². The van der Waals surface area contributed by atoms with Crippen LogP contribution < -0.4 is 15.8 Å². The molecule has 2 aliphatic heterocycles. The fourth-order valence-electron chi connectivity index (χ4n) is 5.07. The van der Waals surface area contributed by atoms with Crippen LogP contribution >= 0.6 is 11.6 Å². The number of aliphatic hydroxyl groups excluding tert-OH is 1. The molecule has 3 amide bonds. The van der Waals surface area contributed by atoms with Gasteiger partial charge in [0.05, 0.1) is 11.9 Å². The number of rotatable bonds is 10. The molecular formula is C27H34ClN5O6S. The van der Waals surface area contributed by atoms with Crippen molar-refractivity contribution in [1.82, 2.24) is 19.8 Å². The van der Waals surface area contributed by atoms with Gasteiger partial charge in [0.2, 0.25) is 15.9 Å². The molecule has 4 rings (SSSR count). The van der Waals surface area contributed by atoms with Crippen molar-refractivity contribution in [3.05, 3.63) is 70.2 Å². The summed E-state index contributed by atoms with van der Waals surface area (Å²) in [4.78, 5) is 42.9. The van der Waals surface area contributed by atoms with E-state index in [1.807, 2.05) is 0 Å².